The molecule has 0 saturated heterocycles. The van der Waals surface area contributed by atoms with E-state index in [2.05, 4.69) is 185 Å². The smallest absolute Gasteiger partial charge is 0.0555 e. The Balaban J connectivity index is 1.36. The van der Waals surface area contributed by atoms with Gasteiger partial charge in [0.2, 0.25) is 0 Å². The van der Waals surface area contributed by atoms with Crippen LogP contribution in [0, 0.1) is 0 Å². The van der Waals surface area contributed by atoms with Crippen molar-refractivity contribution in [3.05, 3.63) is 162 Å². The van der Waals surface area contributed by atoms with Crippen LogP contribution < -0.4 is 4.90 Å². The predicted octanol–water partition coefficient (Wildman–Crippen LogP) is 13.9. The van der Waals surface area contributed by atoms with Gasteiger partial charge in [-0.15, -0.1) is 11.3 Å². The number of nitrogens with zero attached hydrogens (tertiary/aromatic N) is 1. The van der Waals surface area contributed by atoms with Crippen molar-refractivity contribution in [2.24, 2.45) is 0 Å². The number of benzene rings is 7. The number of anilines is 3. The third kappa shape index (κ3) is 4.58. The number of hydrogen-bond acceptors (Lipinski definition) is 2. The molecule has 0 atom stereocenters. The quantitative estimate of drug-likeness (QED) is 0.183. The summed E-state index contributed by atoms with van der Waals surface area (Å²) in [6, 6.07) is 54.3. The zero-order valence-corrected chi connectivity index (χ0v) is 29.5. The predicted molar refractivity (Wildman–Crippen MR) is 213 cm³/mol. The molecule has 0 aliphatic heterocycles. The Morgan fingerprint density at radius 2 is 1.14 bits per heavy atom. The fourth-order valence-electron chi connectivity index (χ4n) is 8.11. The summed E-state index contributed by atoms with van der Waals surface area (Å²) in [6.45, 7) is 11.7. The summed E-state index contributed by atoms with van der Waals surface area (Å²) in [5.74, 6) is 0. The molecule has 238 valence electrons. The first-order valence-corrected chi connectivity index (χ1v) is 18.1. The van der Waals surface area contributed by atoms with Crippen molar-refractivity contribution in [2.45, 2.75) is 45.4 Å². The third-order valence-corrected chi connectivity index (χ3v) is 11.8. The lowest BCUT2D eigenvalue weighted by Crippen LogP contribution is -2.17. The Hall–Kier alpha value is -5.18. The fourth-order valence-corrected chi connectivity index (χ4v) is 9.24. The Morgan fingerprint density at radius 3 is 2.00 bits per heavy atom. The molecule has 9 rings (SSSR count). The Bertz CT molecular complexity index is 2570. The molecule has 49 heavy (non-hydrogen) atoms. The molecule has 0 spiro atoms. The number of thiophene rings is 1. The highest BCUT2D eigenvalue weighted by atomic mass is 32.1. The monoisotopic (exact) mass is 649 g/mol. The second-order valence-corrected chi connectivity index (χ2v) is 16.0. The molecule has 0 unspecified atom stereocenters. The van der Waals surface area contributed by atoms with E-state index in [0.29, 0.717) is 0 Å². The van der Waals surface area contributed by atoms with Crippen molar-refractivity contribution >= 4 is 59.3 Å². The first kappa shape index (κ1) is 29.9. The van der Waals surface area contributed by atoms with E-state index < -0.39 is 0 Å². The van der Waals surface area contributed by atoms with Crippen LogP contribution in [0.4, 0.5) is 17.1 Å². The van der Waals surface area contributed by atoms with E-state index in [-0.39, 0.29) is 10.8 Å². The minimum Gasteiger partial charge on any atom is -0.309 e. The van der Waals surface area contributed by atoms with Gasteiger partial charge >= 0.3 is 0 Å². The Morgan fingerprint density at radius 1 is 0.510 bits per heavy atom. The summed E-state index contributed by atoms with van der Waals surface area (Å²) in [6.07, 6.45) is 0. The topological polar surface area (TPSA) is 3.24 Å². The maximum atomic E-state index is 2.53. The van der Waals surface area contributed by atoms with Crippen LogP contribution in [-0.4, -0.2) is 0 Å². The lowest BCUT2D eigenvalue weighted by atomic mass is 9.79. The van der Waals surface area contributed by atoms with E-state index >= 15 is 0 Å². The summed E-state index contributed by atoms with van der Waals surface area (Å²) in [7, 11) is 0. The van der Waals surface area contributed by atoms with Crippen molar-refractivity contribution < 1.29 is 0 Å². The average molecular weight is 650 g/mol. The molecule has 0 bridgehead atoms. The molecule has 8 aromatic rings. The van der Waals surface area contributed by atoms with Crippen LogP contribution >= 0.6 is 11.3 Å². The highest BCUT2D eigenvalue weighted by molar-refractivity contribution is 7.26. The minimum absolute atomic E-state index is 0.0844. The van der Waals surface area contributed by atoms with E-state index in [9.17, 15) is 0 Å². The normalized spacial score (nSPS) is 13.6. The summed E-state index contributed by atoms with van der Waals surface area (Å²) < 4.78 is 2.61. The molecular weight excluding hydrogens is 611 g/mol. The van der Waals surface area contributed by atoms with Gasteiger partial charge < -0.3 is 4.90 Å². The van der Waals surface area contributed by atoms with Crippen LogP contribution in [0.15, 0.2) is 146 Å². The van der Waals surface area contributed by atoms with Crippen LogP contribution in [0.25, 0.3) is 53.2 Å². The molecule has 1 aliphatic rings. The lowest BCUT2D eigenvalue weighted by Gasteiger charge is -2.30. The van der Waals surface area contributed by atoms with Crippen molar-refractivity contribution in [1.29, 1.82) is 0 Å². The third-order valence-electron chi connectivity index (χ3n) is 10.6. The van der Waals surface area contributed by atoms with Gasteiger partial charge in [-0.25, -0.2) is 0 Å². The largest absolute Gasteiger partial charge is 0.309 e. The highest BCUT2D eigenvalue weighted by Crippen LogP contribution is 2.55. The SMILES string of the molecule is CC(C)(C)c1ccc2c(c1)C(C)(C)c1cccc(-c3ccccc3N(c3cccc4ccccc34)c3cccc4sc5ccccc5c34)c1-2. The molecular formula is C47H39NS. The van der Waals surface area contributed by atoms with Crippen molar-refractivity contribution in [3.8, 4) is 22.3 Å². The summed E-state index contributed by atoms with van der Waals surface area (Å²) in [5, 5.41) is 5.06. The second-order valence-electron chi connectivity index (χ2n) is 15.0. The van der Waals surface area contributed by atoms with Crippen LogP contribution in [0.3, 0.4) is 0 Å². The Labute approximate surface area is 293 Å². The molecule has 1 aliphatic carbocycles. The van der Waals surface area contributed by atoms with Gasteiger partial charge in [0.15, 0.2) is 0 Å². The first-order valence-electron chi connectivity index (χ1n) is 17.3. The van der Waals surface area contributed by atoms with Gasteiger partial charge in [0.05, 0.1) is 17.1 Å². The summed E-state index contributed by atoms with van der Waals surface area (Å²) in [5.41, 5.74) is 12.9. The molecule has 1 heterocycles. The molecule has 0 radical (unpaired) electrons. The van der Waals surface area contributed by atoms with Gasteiger partial charge in [-0.3, -0.25) is 0 Å². The molecule has 0 fully saturated rings. The fraction of sp³-hybridized carbons (Fsp3) is 0.149. The zero-order chi connectivity index (χ0) is 33.5. The molecule has 1 aromatic heterocycles. The number of rotatable bonds is 4. The second kappa shape index (κ2) is 10.9. The maximum Gasteiger partial charge on any atom is 0.0555 e. The van der Waals surface area contributed by atoms with Gasteiger partial charge in [-0.05, 0) is 74.5 Å². The maximum absolute atomic E-state index is 2.53. The van der Waals surface area contributed by atoms with Crippen molar-refractivity contribution in [1.82, 2.24) is 0 Å². The van der Waals surface area contributed by atoms with Crippen LogP contribution in [0.1, 0.15) is 51.3 Å². The molecule has 2 heteroatoms. The zero-order valence-electron chi connectivity index (χ0n) is 28.7. The standard InChI is InChI=1S/C47H39NS/c1-46(2,3)31-27-28-35-38(29-31)47(4,5)37-21-13-20-34(44(35)37)33-18-8-10-22-40(33)48(39-23-12-16-30-15-6-7-17-32(30)39)41-24-14-26-43-45(41)36-19-9-11-25-42(36)49-43/h6-29H,1-5H3. The van der Waals surface area contributed by atoms with E-state index in [4.69, 9.17) is 0 Å². The van der Waals surface area contributed by atoms with Crippen molar-refractivity contribution in [3.63, 3.8) is 0 Å². The van der Waals surface area contributed by atoms with Gasteiger partial charge in [-0.2, -0.15) is 0 Å². The number of para-hydroxylation sites is 1. The lowest BCUT2D eigenvalue weighted by molar-refractivity contribution is 0.584. The van der Waals surface area contributed by atoms with Crippen LogP contribution in [0.5, 0.6) is 0 Å². The van der Waals surface area contributed by atoms with Gasteiger partial charge in [0.1, 0.15) is 0 Å². The number of fused-ring (bicyclic) bond motifs is 7. The van der Waals surface area contributed by atoms with Gasteiger partial charge in [-0.1, -0.05) is 150 Å². The van der Waals surface area contributed by atoms with Gasteiger partial charge in [0, 0.05) is 36.5 Å². The molecule has 0 N–H and O–H groups in total. The molecule has 0 saturated carbocycles. The first-order chi connectivity index (χ1) is 23.7. The Kier molecular flexibility index (Phi) is 6.67. The van der Waals surface area contributed by atoms with Gasteiger partial charge in [0.25, 0.3) is 0 Å². The molecule has 0 amide bonds. The van der Waals surface area contributed by atoms with E-state index in [1.54, 1.807) is 0 Å². The van der Waals surface area contributed by atoms with E-state index in [0.717, 1.165) is 0 Å². The minimum atomic E-state index is -0.104. The molecule has 1 nitrogen and oxygen atoms in total. The van der Waals surface area contributed by atoms with Crippen LogP contribution in [0.2, 0.25) is 0 Å². The number of hydrogen-bond donors (Lipinski definition) is 0. The average Bonchev–Trinajstić information content (AvgIpc) is 3.61. The summed E-state index contributed by atoms with van der Waals surface area (Å²) >= 11 is 1.87. The summed E-state index contributed by atoms with van der Waals surface area (Å²) in [4.78, 5) is 2.53. The van der Waals surface area contributed by atoms with Crippen LogP contribution in [-0.2, 0) is 10.8 Å². The van der Waals surface area contributed by atoms with E-state index in [1.165, 1.54) is 87.0 Å². The van der Waals surface area contributed by atoms with E-state index in [1.807, 2.05) is 11.3 Å². The molecule has 7 aromatic carbocycles. The van der Waals surface area contributed by atoms with Crippen molar-refractivity contribution in [2.75, 3.05) is 4.90 Å². The highest BCUT2D eigenvalue weighted by Gasteiger charge is 2.38.